The monoisotopic (exact) mass is 403 g/mol. The number of carbonyl (C=O) groups excluding carboxylic acids is 1. The van der Waals surface area contributed by atoms with E-state index < -0.39 is 5.97 Å². The van der Waals surface area contributed by atoms with Crippen molar-refractivity contribution in [3.05, 3.63) is 26.1 Å². The fourth-order valence-corrected chi connectivity index (χ4v) is 2.50. The Morgan fingerprint density at radius 3 is 2.70 bits per heavy atom. The number of benzene rings is 1. The summed E-state index contributed by atoms with van der Waals surface area (Å²) < 4.78 is 6.42. The molecule has 0 radical (unpaired) electrons. The zero-order valence-electron chi connectivity index (χ0n) is 10.7. The highest BCUT2D eigenvalue weighted by molar-refractivity contribution is 9.13. The summed E-state index contributed by atoms with van der Waals surface area (Å²) in [6, 6.07) is 1.64. The van der Waals surface area contributed by atoms with Gasteiger partial charge in [0.1, 0.15) is 0 Å². The van der Waals surface area contributed by atoms with Crippen LogP contribution in [-0.4, -0.2) is 23.4 Å². The van der Waals surface area contributed by atoms with Gasteiger partial charge in [-0.1, -0.05) is 5.16 Å². The molecule has 0 fully saturated rings. The number of aromatic hydroxyl groups is 1. The Morgan fingerprint density at radius 2 is 2.15 bits per heavy atom. The van der Waals surface area contributed by atoms with E-state index in [1.807, 2.05) is 6.92 Å². The number of phenols is 1. The second kappa shape index (κ2) is 5.97. The van der Waals surface area contributed by atoms with Gasteiger partial charge in [-0.25, -0.2) is 4.79 Å². The van der Waals surface area contributed by atoms with Gasteiger partial charge in [-0.15, -0.1) is 0 Å². The third-order valence-electron chi connectivity index (χ3n) is 2.65. The molecule has 0 bridgehead atoms. The minimum absolute atomic E-state index is 0.000243. The number of nitrogens with zero attached hydrogens (tertiary/aromatic N) is 1. The van der Waals surface area contributed by atoms with Gasteiger partial charge in [0, 0.05) is 4.47 Å². The number of carbonyl (C=O) groups is 1. The van der Waals surface area contributed by atoms with E-state index in [1.54, 1.807) is 19.1 Å². The van der Waals surface area contributed by atoms with Crippen molar-refractivity contribution in [2.75, 3.05) is 6.61 Å². The lowest BCUT2D eigenvalue weighted by Gasteiger charge is -2.11. The fourth-order valence-electron chi connectivity index (χ4n) is 1.66. The molecule has 1 aliphatic rings. The smallest absolute Gasteiger partial charge is 0.367 e. The van der Waals surface area contributed by atoms with Gasteiger partial charge < -0.3 is 14.7 Å². The van der Waals surface area contributed by atoms with E-state index >= 15 is 0 Å². The Balaban J connectivity index is 2.55. The molecular weight excluding hydrogens is 394 g/mol. The maximum atomic E-state index is 11.6. The summed E-state index contributed by atoms with van der Waals surface area (Å²) in [6.45, 7) is 3.92. The van der Waals surface area contributed by atoms with E-state index in [2.05, 4.69) is 41.9 Å². The average molecular weight is 405 g/mol. The van der Waals surface area contributed by atoms with Crippen molar-refractivity contribution >= 4 is 49.6 Å². The van der Waals surface area contributed by atoms with Crippen LogP contribution in [0, 0.1) is 0 Å². The average Bonchev–Trinajstić information content (AvgIpc) is 2.73. The summed E-state index contributed by atoms with van der Waals surface area (Å²) in [7, 11) is 0. The van der Waals surface area contributed by atoms with Crippen LogP contribution in [0.4, 0.5) is 0 Å². The van der Waals surface area contributed by atoms with Crippen LogP contribution in [0.25, 0.3) is 6.08 Å². The molecule has 1 aliphatic heterocycles. The fraction of sp³-hybridized carbons (Fsp3) is 0.231. The van der Waals surface area contributed by atoms with E-state index in [9.17, 15) is 9.90 Å². The molecule has 7 heteroatoms. The van der Waals surface area contributed by atoms with Crippen molar-refractivity contribution in [1.82, 2.24) is 0 Å². The number of rotatable bonds is 3. The van der Waals surface area contributed by atoms with Crippen LogP contribution in [-0.2, 0) is 9.63 Å². The Hall–Kier alpha value is -1.34. The summed E-state index contributed by atoms with van der Waals surface area (Å²) in [5.41, 5.74) is 1.54. The predicted octanol–water partition coefficient (Wildman–Crippen LogP) is 3.63. The molecule has 0 amide bonds. The third-order valence-corrected chi connectivity index (χ3v) is 4.81. The van der Waals surface area contributed by atoms with Crippen molar-refractivity contribution in [2.24, 2.45) is 5.16 Å². The lowest BCUT2D eigenvalue weighted by Crippen LogP contribution is -2.02. The van der Waals surface area contributed by atoms with Crippen LogP contribution in [0.1, 0.15) is 19.4 Å². The highest BCUT2D eigenvalue weighted by Gasteiger charge is 2.23. The Kier molecular flexibility index (Phi) is 4.49. The van der Waals surface area contributed by atoms with Crippen molar-refractivity contribution in [3.8, 4) is 11.5 Å². The summed E-state index contributed by atoms with van der Waals surface area (Å²) in [5.74, 6) is -0.174. The van der Waals surface area contributed by atoms with Crippen LogP contribution in [0.3, 0.4) is 0 Å². The zero-order valence-corrected chi connectivity index (χ0v) is 13.9. The van der Waals surface area contributed by atoms with E-state index in [-0.39, 0.29) is 5.75 Å². The summed E-state index contributed by atoms with van der Waals surface area (Å²) in [6.07, 6.45) is 1.63. The van der Waals surface area contributed by atoms with Gasteiger partial charge in [-0.3, -0.25) is 0 Å². The lowest BCUT2D eigenvalue weighted by molar-refractivity contribution is -0.136. The minimum atomic E-state index is -0.503. The molecule has 0 saturated heterocycles. The standard InChI is InChI=1S/C13H11Br2NO4/c1-3-19-9-5-7(10(14)11(15)12(9)17)4-8-6(2)16-20-13(8)18/h4-5,17H,3H2,1-2H3/b8-4-. The highest BCUT2D eigenvalue weighted by Crippen LogP contribution is 2.42. The summed E-state index contributed by atoms with van der Waals surface area (Å²) >= 11 is 6.64. The van der Waals surface area contributed by atoms with Crippen molar-refractivity contribution < 1.29 is 19.5 Å². The number of halogens is 2. The van der Waals surface area contributed by atoms with Gasteiger partial charge in [0.05, 0.1) is 22.4 Å². The largest absolute Gasteiger partial charge is 0.503 e. The predicted molar refractivity (Wildman–Crippen MR) is 81.9 cm³/mol. The highest BCUT2D eigenvalue weighted by atomic mass is 79.9. The topological polar surface area (TPSA) is 68.1 Å². The van der Waals surface area contributed by atoms with Gasteiger partial charge in [0.2, 0.25) is 0 Å². The molecule has 2 rings (SSSR count). The van der Waals surface area contributed by atoms with Crippen molar-refractivity contribution in [3.63, 3.8) is 0 Å². The first-order chi connectivity index (χ1) is 9.45. The summed E-state index contributed by atoms with van der Waals surface area (Å²) in [4.78, 5) is 16.1. The molecule has 0 saturated carbocycles. The molecule has 5 nitrogen and oxygen atoms in total. The Labute approximate surface area is 132 Å². The SMILES string of the molecule is CCOc1cc(/C=C2\C(=O)ON=C2C)c(Br)c(Br)c1O. The molecule has 1 aromatic rings. The molecule has 1 heterocycles. The first-order valence-electron chi connectivity index (χ1n) is 5.77. The van der Waals surface area contributed by atoms with Crippen LogP contribution in [0.15, 0.2) is 25.7 Å². The lowest BCUT2D eigenvalue weighted by atomic mass is 10.1. The van der Waals surface area contributed by atoms with Gasteiger partial charge in [0.15, 0.2) is 11.5 Å². The van der Waals surface area contributed by atoms with Gasteiger partial charge in [-0.05, 0) is 63.4 Å². The molecule has 0 aromatic heterocycles. The Morgan fingerprint density at radius 1 is 1.45 bits per heavy atom. The van der Waals surface area contributed by atoms with Crippen molar-refractivity contribution in [2.45, 2.75) is 13.8 Å². The van der Waals surface area contributed by atoms with E-state index in [0.29, 0.717) is 38.2 Å². The summed E-state index contributed by atoms with van der Waals surface area (Å²) in [5, 5.41) is 13.6. The molecule has 0 atom stereocenters. The molecular formula is C13H11Br2NO4. The van der Waals surface area contributed by atoms with E-state index in [4.69, 9.17) is 4.74 Å². The van der Waals surface area contributed by atoms with Gasteiger partial charge >= 0.3 is 5.97 Å². The molecule has 20 heavy (non-hydrogen) atoms. The molecule has 0 spiro atoms. The number of oxime groups is 1. The second-order valence-electron chi connectivity index (χ2n) is 3.99. The molecule has 0 unspecified atom stereocenters. The zero-order chi connectivity index (χ0) is 14.9. The quantitative estimate of drug-likeness (QED) is 0.616. The van der Waals surface area contributed by atoms with Crippen LogP contribution in [0.5, 0.6) is 11.5 Å². The minimum Gasteiger partial charge on any atom is -0.503 e. The number of ether oxygens (including phenoxy) is 1. The number of hydrogen-bond donors (Lipinski definition) is 1. The molecule has 106 valence electrons. The Bertz CT molecular complexity index is 638. The van der Waals surface area contributed by atoms with Crippen LogP contribution >= 0.6 is 31.9 Å². The first-order valence-corrected chi connectivity index (χ1v) is 7.36. The number of phenolic OH excluding ortho intramolecular Hbond substituents is 1. The van der Waals surface area contributed by atoms with Gasteiger partial charge in [-0.2, -0.15) is 0 Å². The maximum absolute atomic E-state index is 11.6. The molecule has 1 N–H and O–H groups in total. The van der Waals surface area contributed by atoms with Crippen LogP contribution < -0.4 is 4.74 Å². The third kappa shape index (κ3) is 2.73. The van der Waals surface area contributed by atoms with E-state index in [1.165, 1.54) is 0 Å². The number of hydrogen-bond acceptors (Lipinski definition) is 5. The van der Waals surface area contributed by atoms with Crippen molar-refractivity contribution in [1.29, 1.82) is 0 Å². The van der Waals surface area contributed by atoms with Crippen LogP contribution in [0.2, 0.25) is 0 Å². The van der Waals surface area contributed by atoms with E-state index in [0.717, 1.165) is 0 Å². The maximum Gasteiger partial charge on any atom is 0.367 e. The first kappa shape index (κ1) is 15.1. The second-order valence-corrected chi connectivity index (χ2v) is 5.57. The normalized spacial score (nSPS) is 16.3. The van der Waals surface area contributed by atoms with Gasteiger partial charge in [0.25, 0.3) is 0 Å². The molecule has 0 aliphatic carbocycles. The molecule has 1 aromatic carbocycles.